The molecule has 0 radical (unpaired) electrons. The highest BCUT2D eigenvalue weighted by Gasteiger charge is 2.62. The van der Waals surface area contributed by atoms with Crippen LogP contribution in [0.15, 0.2) is 172 Å². The maximum absolute atomic E-state index is 14.0. The molecule has 7 aromatic heterocycles. The SMILES string of the molecule is Cc1ccn([C@@H](CC2CCCC2)C(=O)Cc2ccc(C(=O)O)cn2)c1.Cc1cnc(NC(=O)c2cc(Oc3cnc(C(=O)N(C)C)nc3)c3cc(C)oc3c2)cn1.O=C(Cc1cnccn1)[C@H](CC1CCOCC1)c1ccc(S(=O)(=O)C2CC2)cc1.O=C(Cc1ncc(SCCN2CCCC2)s1)[C@]1(c2ccc(S(=O)(=O)C3CC3)cc2)C[C@H]1C1CCCCC1. The summed E-state index contributed by atoms with van der Waals surface area (Å²) in [5.74, 6) is 3.31. The number of furan rings is 1. The molecule has 10 aromatic rings. The van der Waals surface area contributed by atoms with Crippen LogP contribution < -0.4 is 10.1 Å². The number of nitrogens with zero attached hydrogens (tertiary/aromatic N) is 11. The van der Waals surface area contributed by atoms with E-state index in [1.807, 2.05) is 85.2 Å². The second-order valence-corrected chi connectivity index (χ2v) is 40.8. The van der Waals surface area contributed by atoms with Gasteiger partial charge in [-0.3, -0.25) is 43.9 Å². The van der Waals surface area contributed by atoms with E-state index in [0.29, 0.717) is 90.9 Å². The maximum Gasteiger partial charge on any atom is 0.337 e. The molecule has 0 bridgehead atoms. The summed E-state index contributed by atoms with van der Waals surface area (Å²) < 4.78 is 70.7. The highest BCUT2D eigenvalue weighted by molar-refractivity contribution is 8.01. The summed E-state index contributed by atoms with van der Waals surface area (Å²) in [6.45, 7) is 10.7. The van der Waals surface area contributed by atoms with Gasteiger partial charge in [-0.2, -0.15) is 0 Å². The lowest BCUT2D eigenvalue weighted by Gasteiger charge is -2.26. The number of thiazole rings is 1. The fourth-order valence-corrected chi connectivity index (χ4v) is 22.7. The Balaban J connectivity index is 0.000000135. The third-order valence-corrected chi connectivity index (χ3v) is 31.2. The van der Waals surface area contributed by atoms with Crippen LogP contribution in [-0.2, 0) is 63.5 Å². The van der Waals surface area contributed by atoms with Crippen LogP contribution in [-0.4, -0.2) is 175 Å². The van der Waals surface area contributed by atoms with Crippen molar-refractivity contribution in [1.29, 1.82) is 0 Å². The molecule has 2 N–H and O–H groups in total. The van der Waals surface area contributed by atoms with Gasteiger partial charge in [0.05, 0.1) is 109 Å². The molecule has 7 aliphatic rings. The molecule has 7 fully saturated rings. The van der Waals surface area contributed by atoms with Gasteiger partial charge in [0.25, 0.3) is 11.8 Å². The number of rotatable bonds is 31. The standard InChI is InChI=1S/C29H38N2O3S3.C22H20N6O4.C22H26N2O4S.C20H24N2O3/c32-26(18-27-30-20-28(36-27)35-17-16-31-14-4-5-15-31)29(19-25(29)21-6-2-1-3-7-21)22-8-10-23(11-9-22)37(33,34)24-12-13-24;1-12-8-24-19(11-23-12)27-21(29)14-6-17-16(5-13(2)31-17)18(7-14)32-15-9-25-20(26-10-15)22(30)28(3)4;25-22(14-18-15-23-9-10-24-18)21(13-16-7-11-28-12-8-16)17-1-3-19(4-2-17)29(26,27)20-5-6-20;1-14-8-9-22(13-14)18(10-15-4-2-3-5-15)19(23)11-17-7-6-16(12-21-17)20(24)25/h8-11,20-21,24-25H,1-7,12-19H2;5-11H,1-4H3,(H,24,27,29);1-4,9-10,15-16,20-21H,5-8,11-14H2;6-9,12-13,15,18H,2-5,10-11H2,1H3,(H,24,25)/t25-,29-;;21-;18-/m0.10/s1. The quantitative estimate of drug-likeness (QED) is 0.0381. The fraction of sp³-hybridized carbons (Fsp3) is 0.462. The largest absolute Gasteiger partial charge is 0.478 e. The minimum atomic E-state index is -3.22. The number of carbonyl (C=O) groups is 6. The number of fused-ring (bicyclic) bond motifs is 1. The molecule has 30 heteroatoms. The molecular weight excluding hydrogens is 1640 g/mol. The van der Waals surface area contributed by atoms with Crippen LogP contribution in [0, 0.1) is 44.4 Å². The smallest absolute Gasteiger partial charge is 0.337 e. The molecule has 3 aromatic carbocycles. The first-order chi connectivity index (χ1) is 59.3. The minimum Gasteiger partial charge on any atom is -0.478 e. The summed E-state index contributed by atoms with van der Waals surface area (Å²) in [7, 11) is -3.21. The van der Waals surface area contributed by atoms with E-state index in [1.165, 1.54) is 124 Å². The number of nitrogens with one attached hydrogen (secondary N) is 1. The Kier molecular flexibility index (Phi) is 29.5. The Labute approximate surface area is 726 Å². The summed E-state index contributed by atoms with van der Waals surface area (Å²) >= 11 is 3.52. The van der Waals surface area contributed by atoms with Crippen molar-refractivity contribution < 1.29 is 64.6 Å². The summed E-state index contributed by atoms with van der Waals surface area (Å²) in [6.07, 6.45) is 40.0. The number of sulfone groups is 2. The zero-order valence-corrected chi connectivity index (χ0v) is 73.6. The molecule has 5 saturated carbocycles. The Bertz CT molecular complexity index is 5550. The van der Waals surface area contributed by atoms with Crippen molar-refractivity contribution in [2.75, 3.05) is 58.0 Å². The number of thioether (sulfide) groups is 1. The molecule has 123 heavy (non-hydrogen) atoms. The van der Waals surface area contributed by atoms with Crippen molar-refractivity contribution in [3.8, 4) is 11.5 Å². The molecule has 9 heterocycles. The van der Waals surface area contributed by atoms with E-state index in [1.54, 1.807) is 99.6 Å². The number of anilines is 1. The lowest BCUT2D eigenvalue weighted by Crippen LogP contribution is -2.28. The number of hydrogen-bond donors (Lipinski definition) is 2. The first kappa shape index (κ1) is 89.2. The van der Waals surface area contributed by atoms with E-state index in [0.717, 1.165) is 111 Å². The highest BCUT2D eigenvalue weighted by atomic mass is 32.2. The van der Waals surface area contributed by atoms with Crippen molar-refractivity contribution in [3.63, 3.8) is 0 Å². The second-order valence-electron chi connectivity index (χ2n) is 33.8. The number of benzene rings is 3. The molecule has 648 valence electrons. The molecular formula is C93H108N12O14S4. The number of ether oxygens (including phenoxy) is 2. The summed E-state index contributed by atoms with van der Waals surface area (Å²) in [5.41, 5.74) is 5.51. The van der Waals surface area contributed by atoms with Crippen molar-refractivity contribution in [2.45, 2.75) is 210 Å². The third-order valence-electron chi connectivity index (χ3n) is 24.4. The van der Waals surface area contributed by atoms with Gasteiger partial charge in [0.2, 0.25) is 5.82 Å². The number of carboxylic acid groups (broad SMARTS) is 1. The topological polar surface area (TPSA) is 349 Å². The number of ketones is 3. The number of hydrogen-bond acceptors (Lipinski definition) is 24. The Morgan fingerprint density at radius 1 is 0.650 bits per heavy atom. The number of aromatic carboxylic acids is 1. The van der Waals surface area contributed by atoms with Gasteiger partial charge in [0.15, 0.2) is 37.0 Å². The van der Waals surface area contributed by atoms with Gasteiger partial charge in [0, 0.05) is 94.0 Å². The van der Waals surface area contributed by atoms with Crippen molar-refractivity contribution in [2.24, 2.45) is 23.7 Å². The van der Waals surface area contributed by atoms with Crippen LogP contribution in [0.3, 0.4) is 0 Å². The first-order valence-electron chi connectivity index (χ1n) is 42.9. The number of aryl methyl sites for hydroxylation is 3. The van der Waals surface area contributed by atoms with Gasteiger partial charge in [-0.05, 0) is 206 Å². The van der Waals surface area contributed by atoms with Gasteiger partial charge in [0.1, 0.15) is 33.7 Å². The molecule has 2 aliphatic heterocycles. The average molecular weight is 1750 g/mol. The maximum atomic E-state index is 14.0. The Morgan fingerprint density at radius 2 is 1.33 bits per heavy atom. The molecule has 17 rings (SSSR count). The summed E-state index contributed by atoms with van der Waals surface area (Å²) in [4.78, 5) is 114. The van der Waals surface area contributed by atoms with Crippen LogP contribution in [0.1, 0.15) is 216 Å². The molecule has 4 atom stereocenters. The summed E-state index contributed by atoms with van der Waals surface area (Å²) in [5, 5.41) is 12.8. The van der Waals surface area contributed by atoms with Crippen LogP contribution in [0.5, 0.6) is 11.5 Å². The van der Waals surface area contributed by atoms with Crippen LogP contribution in [0.4, 0.5) is 5.82 Å². The minimum absolute atomic E-state index is 0.0546. The predicted octanol–water partition coefficient (Wildman–Crippen LogP) is 16.2. The Morgan fingerprint density at radius 3 is 1.94 bits per heavy atom. The number of carbonyl (C=O) groups excluding carboxylic acids is 5. The van der Waals surface area contributed by atoms with E-state index >= 15 is 0 Å². The molecule has 0 unspecified atom stereocenters. The van der Waals surface area contributed by atoms with E-state index < -0.39 is 37.0 Å². The molecule has 0 spiro atoms. The zero-order chi connectivity index (χ0) is 86.4. The van der Waals surface area contributed by atoms with Gasteiger partial charge < -0.3 is 38.7 Å². The lowest BCUT2D eigenvalue weighted by atomic mass is 9.78. The Hall–Kier alpha value is -10.1. The molecule has 26 nitrogen and oxygen atoms in total. The number of Topliss-reactive ketones (excluding diaryl/α,β-unsaturated/α-hetero) is 3. The average Bonchev–Trinajstić information content (AvgIpc) is 1.54. The highest BCUT2D eigenvalue weighted by Crippen LogP contribution is 2.62. The number of pyridine rings is 1. The van der Waals surface area contributed by atoms with E-state index in [9.17, 15) is 45.6 Å². The van der Waals surface area contributed by atoms with Gasteiger partial charge >= 0.3 is 5.97 Å². The first-order valence-corrected chi connectivity index (χ1v) is 47.8. The third kappa shape index (κ3) is 23.3. The fourth-order valence-electron chi connectivity index (χ4n) is 17.2. The normalized spacial score (nSPS) is 18.7. The van der Waals surface area contributed by atoms with Gasteiger partial charge in [-0.25, -0.2) is 41.6 Å². The molecule has 2 saturated heterocycles. The van der Waals surface area contributed by atoms with Gasteiger partial charge in [-0.1, -0.05) is 82.1 Å². The van der Waals surface area contributed by atoms with Crippen LogP contribution in [0.2, 0.25) is 0 Å². The van der Waals surface area contributed by atoms with Crippen molar-refractivity contribution in [3.05, 3.63) is 215 Å². The summed E-state index contributed by atoms with van der Waals surface area (Å²) in [6, 6.07) is 24.4. The van der Waals surface area contributed by atoms with Crippen LogP contribution >= 0.6 is 23.1 Å². The van der Waals surface area contributed by atoms with Gasteiger partial charge in [-0.15, -0.1) is 23.1 Å². The van der Waals surface area contributed by atoms with E-state index in [4.69, 9.17) is 19.0 Å². The second kappa shape index (κ2) is 40.7. The van der Waals surface area contributed by atoms with E-state index in [-0.39, 0.29) is 69.9 Å². The lowest BCUT2D eigenvalue weighted by molar-refractivity contribution is -0.122. The monoisotopic (exact) mass is 1740 g/mol. The van der Waals surface area contributed by atoms with E-state index in [2.05, 4.69) is 50.1 Å². The number of likely N-dealkylation sites (tertiary alicyclic amines) is 1. The number of amides is 2. The molecule has 2 amide bonds. The van der Waals surface area contributed by atoms with Crippen LogP contribution in [0.25, 0.3) is 11.0 Å². The molecule has 5 aliphatic carbocycles. The van der Waals surface area contributed by atoms with Crippen molar-refractivity contribution in [1.82, 2.24) is 54.2 Å². The number of carboxylic acids is 1. The number of aromatic nitrogens is 9. The zero-order valence-electron chi connectivity index (χ0n) is 70.4. The van der Waals surface area contributed by atoms with Crippen molar-refractivity contribution >= 4 is 94.7 Å². The predicted molar refractivity (Wildman–Crippen MR) is 469 cm³/mol.